The van der Waals surface area contributed by atoms with Crippen LogP contribution in [0.2, 0.25) is 0 Å². The Morgan fingerprint density at radius 2 is 1.84 bits per heavy atom. The normalized spacial score (nSPS) is 24.3. The minimum absolute atomic E-state index is 0.0930. The average molecular weight is 444 g/mol. The molecule has 0 saturated carbocycles. The second-order valence-corrected chi connectivity index (χ2v) is 7.53. The van der Waals surface area contributed by atoms with Gasteiger partial charge in [0.2, 0.25) is 5.88 Å². The van der Waals surface area contributed by atoms with Gasteiger partial charge in [-0.15, -0.1) is 0 Å². The Bertz CT molecular complexity index is 853. The number of halogens is 3. The Morgan fingerprint density at radius 1 is 1.13 bits per heavy atom. The van der Waals surface area contributed by atoms with Crippen LogP contribution in [0.3, 0.4) is 0 Å². The zero-order chi connectivity index (χ0) is 22.6. The summed E-state index contributed by atoms with van der Waals surface area (Å²) in [6, 6.07) is 0.0930. The monoisotopic (exact) mass is 444 g/mol. The van der Waals surface area contributed by atoms with Crippen LogP contribution in [0.1, 0.15) is 25.1 Å². The molecule has 9 nitrogen and oxygen atoms in total. The maximum Gasteiger partial charge on any atom is 0.435 e. The van der Waals surface area contributed by atoms with Gasteiger partial charge in [-0.05, 0) is 17.9 Å². The van der Waals surface area contributed by atoms with E-state index in [1.807, 2.05) is 0 Å². The first-order chi connectivity index (χ1) is 14.6. The van der Waals surface area contributed by atoms with Crippen LogP contribution in [0.5, 0.6) is 11.9 Å². The highest BCUT2D eigenvalue weighted by Crippen LogP contribution is 2.28. The SMILES string of the molecule is CC(C)Cc1cnc(OC[C@H]2OC[C@H](Oc3cncc(C(F)(F)F)n3)[C@@H](O)[C@H]2O)nc1. The Morgan fingerprint density at radius 3 is 2.48 bits per heavy atom. The van der Waals surface area contributed by atoms with Crippen LogP contribution >= 0.6 is 0 Å². The number of aliphatic hydroxyl groups excluding tert-OH is 2. The minimum atomic E-state index is -4.69. The van der Waals surface area contributed by atoms with E-state index in [1.165, 1.54) is 0 Å². The van der Waals surface area contributed by atoms with Crippen molar-refractivity contribution in [3.05, 3.63) is 36.0 Å². The van der Waals surface area contributed by atoms with Crippen molar-refractivity contribution in [2.75, 3.05) is 13.2 Å². The second-order valence-electron chi connectivity index (χ2n) is 7.53. The van der Waals surface area contributed by atoms with Gasteiger partial charge in [0.15, 0.2) is 11.8 Å². The molecule has 3 rings (SSSR count). The van der Waals surface area contributed by atoms with Crippen molar-refractivity contribution in [2.24, 2.45) is 5.92 Å². The van der Waals surface area contributed by atoms with Crippen molar-refractivity contribution in [3.8, 4) is 11.9 Å². The molecule has 170 valence electrons. The van der Waals surface area contributed by atoms with E-state index in [0.29, 0.717) is 12.1 Å². The molecular weight excluding hydrogens is 421 g/mol. The van der Waals surface area contributed by atoms with Crippen molar-refractivity contribution in [2.45, 2.75) is 50.9 Å². The van der Waals surface area contributed by atoms with Gasteiger partial charge in [0.1, 0.15) is 24.9 Å². The van der Waals surface area contributed by atoms with Crippen molar-refractivity contribution in [1.82, 2.24) is 19.9 Å². The van der Waals surface area contributed by atoms with E-state index in [4.69, 9.17) is 14.2 Å². The quantitative estimate of drug-likeness (QED) is 0.653. The fraction of sp³-hybridized carbons (Fsp3) is 0.579. The fourth-order valence-corrected chi connectivity index (χ4v) is 2.95. The van der Waals surface area contributed by atoms with Crippen LogP contribution in [0.4, 0.5) is 13.2 Å². The Balaban J connectivity index is 1.54. The van der Waals surface area contributed by atoms with Gasteiger partial charge in [0.25, 0.3) is 0 Å². The Labute approximate surface area is 176 Å². The van der Waals surface area contributed by atoms with E-state index in [-0.39, 0.29) is 19.2 Å². The molecule has 1 aliphatic heterocycles. The molecule has 1 aliphatic rings. The van der Waals surface area contributed by atoms with Crippen molar-refractivity contribution in [3.63, 3.8) is 0 Å². The predicted molar refractivity (Wildman–Crippen MR) is 99.3 cm³/mol. The summed E-state index contributed by atoms with van der Waals surface area (Å²) in [5, 5.41) is 20.6. The zero-order valence-electron chi connectivity index (χ0n) is 16.9. The van der Waals surface area contributed by atoms with Gasteiger partial charge in [-0.3, -0.25) is 4.98 Å². The lowest BCUT2D eigenvalue weighted by Crippen LogP contribution is -2.56. The third-order valence-electron chi connectivity index (χ3n) is 4.46. The molecule has 3 heterocycles. The lowest BCUT2D eigenvalue weighted by molar-refractivity contribution is -0.188. The molecule has 0 aliphatic carbocycles. The van der Waals surface area contributed by atoms with Gasteiger partial charge in [0.05, 0.1) is 19.0 Å². The summed E-state index contributed by atoms with van der Waals surface area (Å²) in [5.41, 5.74) is -0.271. The first-order valence-electron chi connectivity index (χ1n) is 9.61. The first kappa shape index (κ1) is 23.1. The smallest absolute Gasteiger partial charge is 0.435 e. The highest BCUT2D eigenvalue weighted by atomic mass is 19.4. The molecule has 2 N–H and O–H groups in total. The lowest BCUT2D eigenvalue weighted by atomic mass is 10.0. The Hall–Kier alpha value is -2.57. The molecule has 2 aromatic heterocycles. The third kappa shape index (κ3) is 6.21. The van der Waals surface area contributed by atoms with Crippen LogP contribution in [-0.4, -0.2) is 67.8 Å². The van der Waals surface area contributed by atoms with Gasteiger partial charge in [-0.1, -0.05) is 13.8 Å². The van der Waals surface area contributed by atoms with E-state index < -0.39 is 42.2 Å². The predicted octanol–water partition coefficient (Wildman–Crippen LogP) is 1.43. The van der Waals surface area contributed by atoms with Crippen LogP contribution < -0.4 is 9.47 Å². The Kier molecular flexibility index (Phi) is 7.23. The van der Waals surface area contributed by atoms with Gasteiger partial charge >= 0.3 is 12.2 Å². The third-order valence-corrected chi connectivity index (χ3v) is 4.46. The number of hydrogen-bond acceptors (Lipinski definition) is 9. The van der Waals surface area contributed by atoms with E-state index in [0.717, 1.165) is 18.2 Å². The summed E-state index contributed by atoms with van der Waals surface area (Å²) in [7, 11) is 0. The lowest BCUT2D eigenvalue weighted by Gasteiger charge is -2.36. The van der Waals surface area contributed by atoms with Gasteiger partial charge in [-0.2, -0.15) is 13.2 Å². The average Bonchev–Trinajstić information content (AvgIpc) is 2.71. The van der Waals surface area contributed by atoms with Crippen LogP contribution in [-0.2, 0) is 17.3 Å². The molecule has 4 atom stereocenters. The first-order valence-corrected chi connectivity index (χ1v) is 9.61. The maximum atomic E-state index is 12.7. The molecule has 1 fully saturated rings. The number of ether oxygens (including phenoxy) is 3. The standard InChI is InChI=1S/C19H23F3N4O5/c1-10(2)3-11-4-24-18(25-5-11)30-8-12-16(27)17(28)13(9-29-12)31-15-7-23-6-14(26-15)19(20,21)22/h4-7,10,12-13,16-17,27-28H,3,8-9H2,1-2H3/t12-,13+,16+,17-/m1/s1. The van der Waals surface area contributed by atoms with Crippen molar-refractivity contribution in [1.29, 1.82) is 0 Å². The summed E-state index contributed by atoms with van der Waals surface area (Å²) in [4.78, 5) is 14.9. The molecule has 1 saturated heterocycles. The summed E-state index contributed by atoms with van der Waals surface area (Å²) in [5.74, 6) is 0.0130. The topological polar surface area (TPSA) is 120 Å². The van der Waals surface area contributed by atoms with Crippen molar-refractivity contribution < 1.29 is 37.6 Å². The number of aromatic nitrogens is 4. The number of nitrogens with zero attached hydrogens (tertiary/aromatic N) is 4. The van der Waals surface area contributed by atoms with Crippen LogP contribution in [0, 0.1) is 5.92 Å². The van der Waals surface area contributed by atoms with Gasteiger partial charge in [-0.25, -0.2) is 15.0 Å². The number of alkyl halides is 3. The molecule has 0 bridgehead atoms. The molecule has 0 amide bonds. The van der Waals surface area contributed by atoms with Crippen LogP contribution in [0.25, 0.3) is 0 Å². The molecule has 0 spiro atoms. The van der Waals surface area contributed by atoms with Crippen LogP contribution in [0.15, 0.2) is 24.8 Å². The summed E-state index contributed by atoms with van der Waals surface area (Å²) in [6.45, 7) is 3.80. The molecule has 12 heteroatoms. The molecular formula is C19H23F3N4O5. The van der Waals surface area contributed by atoms with Gasteiger partial charge < -0.3 is 24.4 Å². The number of hydrogen-bond donors (Lipinski definition) is 2. The van der Waals surface area contributed by atoms with E-state index in [1.54, 1.807) is 12.4 Å². The van der Waals surface area contributed by atoms with Gasteiger partial charge in [0, 0.05) is 12.4 Å². The summed E-state index contributed by atoms with van der Waals surface area (Å²) in [6.07, 6.45) is -3.96. The van der Waals surface area contributed by atoms with Crippen molar-refractivity contribution >= 4 is 0 Å². The highest BCUT2D eigenvalue weighted by molar-refractivity contribution is 5.12. The molecule has 31 heavy (non-hydrogen) atoms. The highest BCUT2D eigenvalue weighted by Gasteiger charge is 2.41. The zero-order valence-corrected chi connectivity index (χ0v) is 16.9. The fourth-order valence-electron chi connectivity index (χ4n) is 2.95. The van der Waals surface area contributed by atoms with E-state index >= 15 is 0 Å². The molecule has 0 radical (unpaired) electrons. The summed E-state index contributed by atoms with van der Waals surface area (Å²) >= 11 is 0. The molecule has 0 aromatic carbocycles. The number of aliphatic hydroxyl groups is 2. The second kappa shape index (κ2) is 9.71. The maximum absolute atomic E-state index is 12.7. The minimum Gasteiger partial charge on any atom is -0.468 e. The molecule has 0 unspecified atom stereocenters. The van der Waals surface area contributed by atoms with E-state index in [2.05, 4.69) is 33.8 Å². The number of rotatable bonds is 7. The largest absolute Gasteiger partial charge is 0.468 e. The van der Waals surface area contributed by atoms with E-state index in [9.17, 15) is 23.4 Å². The summed E-state index contributed by atoms with van der Waals surface area (Å²) < 4.78 is 54.4. The molecule has 2 aromatic rings.